The maximum Gasteiger partial charge on any atom is 0.186 e. The van der Waals surface area contributed by atoms with Crippen molar-refractivity contribution in [2.24, 2.45) is 0 Å². The second kappa shape index (κ2) is 8.32. The zero-order valence-corrected chi connectivity index (χ0v) is 11.5. The lowest BCUT2D eigenvalue weighted by Gasteiger charge is -2.13. The van der Waals surface area contributed by atoms with Crippen LogP contribution in [0.25, 0.3) is 0 Å². The number of hydrogen-bond acceptors (Lipinski definition) is 5. The Hall–Kier alpha value is 0.190. The van der Waals surface area contributed by atoms with Gasteiger partial charge >= 0.3 is 0 Å². The molecule has 102 valence electrons. The van der Waals surface area contributed by atoms with Crippen LogP contribution in [-0.2, 0) is 9.47 Å². The van der Waals surface area contributed by atoms with Crippen molar-refractivity contribution in [3.63, 3.8) is 0 Å². The van der Waals surface area contributed by atoms with Gasteiger partial charge in [-0.15, -0.1) is 0 Å². The number of aliphatic hydroxyl groups excluding tert-OH is 2. The lowest BCUT2D eigenvalue weighted by Crippen LogP contribution is -2.33. The van der Waals surface area contributed by atoms with Gasteiger partial charge in [-0.2, -0.15) is 11.8 Å². The summed E-state index contributed by atoms with van der Waals surface area (Å²) in [6.07, 6.45) is 2.25. The predicted molar refractivity (Wildman–Crippen MR) is 69.2 cm³/mol. The first kappa shape index (κ1) is 15.2. The zero-order chi connectivity index (χ0) is 12.7. The molecule has 1 saturated heterocycles. The van der Waals surface area contributed by atoms with Crippen LogP contribution in [0, 0.1) is 0 Å². The van der Waals surface area contributed by atoms with E-state index in [2.05, 4.69) is 6.92 Å². The molecule has 4 nitrogen and oxygen atoms in total. The average molecular weight is 264 g/mol. The first-order valence-electron chi connectivity index (χ1n) is 6.32. The van der Waals surface area contributed by atoms with Crippen molar-refractivity contribution in [2.45, 2.75) is 57.2 Å². The van der Waals surface area contributed by atoms with E-state index in [1.165, 1.54) is 32.8 Å². The van der Waals surface area contributed by atoms with E-state index >= 15 is 0 Å². The molecule has 5 heteroatoms. The third kappa shape index (κ3) is 4.75. The van der Waals surface area contributed by atoms with E-state index in [1.807, 2.05) is 0 Å². The number of ether oxygens (including phenoxy) is 2. The summed E-state index contributed by atoms with van der Waals surface area (Å²) < 4.78 is 10.4. The van der Waals surface area contributed by atoms with Gasteiger partial charge in [0.15, 0.2) is 6.29 Å². The number of aliphatic hydroxyl groups is 2. The molecule has 0 saturated carbocycles. The van der Waals surface area contributed by atoms with Crippen LogP contribution in [-0.4, -0.2) is 53.4 Å². The fraction of sp³-hybridized carbons (Fsp3) is 1.00. The minimum Gasteiger partial charge on any atom is -0.387 e. The highest BCUT2D eigenvalue weighted by Gasteiger charge is 2.42. The van der Waals surface area contributed by atoms with Gasteiger partial charge in [0, 0.05) is 12.9 Å². The topological polar surface area (TPSA) is 58.9 Å². The van der Waals surface area contributed by atoms with Gasteiger partial charge in [0.1, 0.15) is 12.2 Å². The van der Waals surface area contributed by atoms with Gasteiger partial charge in [-0.05, 0) is 12.2 Å². The average Bonchev–Trinajstić information content (AvgIpc) is 2.61. The summed E-state index contributed by atoms with van der Waals surface area (Å²) >= 11 is 1.77. The van der Waals surface area contributed by atoms with E-state index in [9.17, 15) is 10.2 Å². The molecule has 0 radical (unpaired) electrons. The summed E-state index contributed by atoms with van der Waals surface area (Å²) in [7, 11) is 1.47. The second-order valence-electron chi connectivity index (χ2n) is 4.40. The first-order chi connectivity index (χ1) is 8.20. The van der Waals surface area contributed by atoms with Crippen LogP contribution in [0.4, 0.5) is 0 Å². The van der Waals surface area contributed by atoms with Gasteiger partial charge in [-0.25, -0.2) is 0 Å². The Morgan fingerprint density at radius 2 is 1.94 bits per heavy atom. The quantitative estimate of drug-likeness (QED) is 0.649. The fourth-order valence-electron chi connectivity index (χ4n) is 1.88. The number of methoxy groups -OCH3 is 1. The minimum atomic E-state index is -0.925. The third-order valence-electron chi connectivity index (χ3n) is 2.98. The Balaban J connectivity index is 2.11. The van der Waals surface area contributed by atoms with E-state index in [0.717, 1.165) is 5.75 Å². The molecule has 4 atom stereocenters. The molecule has 17 heavy (non-hydrogen) atoms. The molecule has 0 aromatic rings. The highest BCUT2D eigenvalue weighted by Crippen LogP contribution is 2.24. The van der Waals surface area contributed by atoms with Crippen LogP contribution < -0.4 is 0 Å². The van der Waals surface area contributed by atoms with E-state index in [4.69, 9.17) is 9.47 Å². The van der Waals surface area contributed by atoms with Crippen LogP contribution in [0.15, 0.2) is 0 Å². The molecule has 0 unspecified atom stereocenters. The van der Waals surface area contributed by atoms with Gasteiger partial charge in [-0.3, -0.25) is 0 Å². The Morgan fingerprint density at radius 1 is 1.18 bits per heavy atom. The van der Waals surface area contributed by atoms with Gasteiger partial charge in [0.2, 0.25) is 0 Å². The van der Waals surface area contributed by atoms with Crippen LogP contribution in [0.3, 0.4) is 0 Å². The molecule has 0 spiro atoms. The number of thioether (sulfide) groups is 1. The van der Waals surface area contributed by atoms with Gasteiger partial charge in [-0.1, -0.05) is 26.2 Å². The zero-order valence-electron chi connectivity index (χ0n) is 10.7. The van der Waals surface area contributed by atoms with E-state index in [-0.39, 0.29) is 6.10 Å². The summed E-state index contributed by atoms with van der Waals surface area (Å²) in [6.45, 7) is 2.20. The lowest BCUT2D eigenvalue weighted by molar-refractivity contribution is -0.145. The van der Waals surface area contributed by atoms with E-state index < -0.39 is 18.5 Å². The van der Waals surface area contributed by atoms with Gasteiger partial charge in [0.25, 0.3) is 0 Å². The van der Waals surface area contributed by atoms with Crippen LogP contribution in [0.5, 0.6) is 0 Å². The molecular weight excluding hydrogens is 240 g/mol. The molecule has 1 aliphatic heterocycles. The maximum absolute atomic E-state index is 9.73. The molecular formula is C12H24O4S. The van der Waals surface area contributed by atoms with Crippen molar-refractivity contribution >= 4 is 11.8 Å². The Kier molecular flexibility index (Phi) is 7.46. The third-order valence-corrected chi connectivity index (χ3v) is 4.12. The smallest absolute Gasteiger partial charge is 0.186 e. The monoisotopic (exact) mass is 264 g/mol. The molecule has 1 aliphatic rings. The largest absolute Gasteiger partial charge is 0.387 e. The van der Waals surface area contributed by atoms with Crippen molar-refractivity contribution in [3.05, 3.63) is 0 Å². The van der Waals surface area contributed by atoms with Crippen molar-refractivity contribution in [1.82, 2.24) is 0 Å². The summed E-state index contributed by atoms with van der Waals surface area (Å²) in [5.74, 6) is 1.80. The normalized spacial score (nSPS) is 33.2. The van der Waals surface area contributed by atoms with Crippen molar-refractivity contribution in [2.75, 3.05) is 18.6 Å². The highest BCUT2D eigenvalue weighted by atomic mass is 32.2. The van der Waals surface area contributed by atoms with E-state index in [0.29, 0.717) is 5.75 Å². The van der Waals surface area contributed by atoms with Crippen LogP contribution in [0.2, 0.25) is 0 Å². The lowest BCUT2D eigenvalue weighted by atomic mass is 10.2. The summed E-state index contributed by atoms with van der Waals surface area (Å²) in [5.41, 5.74) is 0. The molecule has 2 N–H and O–H groups in total. The molecule has 0 aliphatic carbocycles. The number of unbranched alkanes of at least 4 members (excludes halogenated alkanes) is 3. The summed E-state index contributed by atoms with van der Waals surface area (Å²) in [6, 6.07) is 0. The van der Waals surface area contributed by atoms with Crippen molar-refractivity contribution < 1.29 is 19.7 Å². The molecule has 1 heterocycles. The minimum absolute atomic E-state index is 0.314. The molecule has 0 aromatic heterocycles. The number of rotatable bonds is 8. The van der Waals surface area contributed by atoms with Crippen LogP contribution >= 0.6 is 11.8 Å². The van der Waals surface area contributed by atoms with Crippen molar-refractivity contribution in [3.8, 4) is 0 Å². The Morgan fingerprint density at radius 3 is 2.53 bits per heavy atom. The van der Waals surface area contributed by atoms with Crippen LogP contribution in [0.1, 0.15) is 32.6 Å². The second-order valence-corrected chi connectivity index (χ2v) is 5.55. The summed E-state index contributed by atoms with van der Waals surface area (Å²) in [5, 5.41) is 19.3. The Labute approximate surface area is 108 Å². The highest BCUT2D eigenvalue weighted by molar-refractivity contribution is 7.99. The Bertz CT molecular complexity index is 203. The molecule has 1 rings (SSSR count). The standard InChI is InChI=1S/C12H24O4S/c1-3-4-5-6-7-17-8-9-10(13)11(14)12(15-2)16-9/h9-14H,3-8H2,1-2H3/t9-,10-,11+,12-/m1/s1. The first-order valence-corrected chi connectivity index (χ1v) is 7.48. The van der Waals surface area contributed by atoms with Gasteiger partial charge in [0.05, 0.1) is 6.10 Å². The maximum atomic E-state index is 9.73. The van der Waals surface area contributed by atoms with E-state index in [1.54, 1.807) is 11.8 Å². The number of hydrogen-bond donors (Lipinski definition) is 2. The predicted octanol–water partition coefficient (Wildman–Crippen LogP) is 1.39. The fourth-order valence-corrected chi connectivity index (χ4v) is 2.96. The molecule has 0 bridgehead atoms. The SMILES string of the molecule is CCCCCCSC[C@H]1O[C@@H](OC)[C@@H](O)[C@@H]1O. The molecule has 0 aromatic carbocycles. The van der Waals surface area contributed by atoms with Crippen molar-refractivity contribution in [1.29, 1.82) is 0 Å². The van der Waals surface area contributed by atoms with Gasteiger partial charge < -0.3 is 19.7 Å². The molecule has 1 fully saturated rings. The summed E-state index contributed by atoms with van der Waals surface area (Å²) in [4.78, 5) is 0. The molecule has 0 amide bonds.